The summed E-state index contributed by atoms with van der Waals surface area (Å²) in [5, 5.41) is 85.2. The van der Waals surface area contributed by atoms with Gasteiger partial charge in [0.2, 0.25) is 0 Å². The topological polar surface area (TPSA) is 268 Å². The Bertz CT molecular complexity index is 1590. The SMILES string of the molecule is CC(=O)O[C@H]1C[C@H]2[C@@H]3CC(=O)[C@@H]4C[C@@H](O[C@@H]5O[C@H](CO)[C@@H](O)[C@H](O)[C@H]5O[C@@H]5O[C@H](CO)[C@@H](O)[C@H](O)[C@H]5O)CC[C@]4(C)[C@H]3CC[C@]2(C)[C@H]1[C@@](C)(O)CCC1CC(=O)OC1(C)C. The monoisotopic (exact) mass is 856 g/mol. The van der Waals surface area contributed by atoms with E-state index in [2.05, 4.69) is 13.8 Å². The first-order valence-electron chi connectivity index (χ1n) is 21.9. The largest absolute Gasteiger partial charge is 0.462 e. The van der Waals surface area contributed by atoms with Crippen LogP contribution in [-0.4, -0.2) is 157 Å². The fourth-order valence-corrected chi connectivity index (χ4v) is 13.3. The van der Waals surface area contributed by atoms with Crippen molar-refractivity contribution in [1.29, 1.82) is 0 Å². The molecule has 0 aromatic rings. The van der Waals surface area contributed by atoms with Crippen LogP contribution in [0.3, 0.4) is 0 Å². The normalized spacial score (nSPS) is 49.9. The number of fused-ring (bicyclic) bond motifs is 5. The van der Waals surface area contributed by atoms with E-state index in [1.165, 1.54) is 6.92 Å². The molecule has 342 valence electrons. The van der Waals surface area contributed by atoms with Gasteiger partial charge in [0.15, 0.2) is 12.6 Å². The molecule has 4 aliphatic carbocycles. The summed E-state index contributed by atoms with van der Waals surface area (Å²) in [6.45, 7) is 9.97. The van der Waals surface area contributed by atoms with Crippen molar-refractivity contribution in [3.05, 3.63) is 0 Å². The number of cyclic esters (lactones) is 1. The number of aliphatic hydroxyl groups is 8. The highest BCUT2D eigenvalue weighted by molar-refractivity contribution is 5.83. The van der Waals surface area contributed by atoms with Gasteiger partial charge in [0.25, 0.3) is 0 Å². The number of esters is 2. The van der Waals surface area contributed by atoms with Crippen LogP contribution in [0.4, 0.5) is 0 Å². The van der Waals surface area contributed by atoms with E-state index in [0.29, 0.717) is 44.9 Å². The maximum atomic E-state index is 14.5. The number of aliphatic hydroxyl groups excluding tert-OH is 7. The molecular weight excluding hydrogens is 788 g/mol. The first kappa shape index (κ1) is 46.1. The molecule has 3 heterocycles. The molecule has 21 atom stereocenters. The Morgan fingerprint density at radius 1 is 0.800 bits per heavy atom. The summed E-state index contributed by atoms with van der Waals surface area (Å²) in [4.78, 5) is 39.2. The minimum atomic E-state index is -1.80. The third-order valence-corrected chi connectivity index (χ3v) is 16.5. The number of ketones is 1. The smallest absolute Gasteiger partial charge is 0.306 e. The van der Waals surface area contributed by atoms with Crippen molar-refractivity contribution in [2.24, 2.45) is 46.3 Å². The van der Waals surface area contributed by atoms with E-state index in [1.807, 2.05) is 20.8 Å². The summed E-state index contributed by atoms with van der Waals surface area (Å²) in [5.41, 5.74) is -2.71. The lowest BCUT2D eigenvalue weighted by atomic mass is 9.44. The minimum absolute atomic E-state index is 0.0000918. The Hall–Kier alpha value is -1.87. The molecule has 4 saturated carbocycles. The Morgan fingerprint density at radius 2 is 1.43 bits per heavy atom. The van der Waals surface area contributed by atoms with Crippen molar-refractivity contribution < 1.29 is 83.7 Å². The molecule has 0 bridgehead atoms. The van der Waals surface area contributed by atoms with Gasteiger partial charge >= 0.3 is 11.9 Å². The van der Waals surface area contributed by atoms with E-state index in [1.54, 1.807) is 0 Å². The lowest BCUT2D eigenvalue weighted by molar-refractivity contribution is -0.373. The van der Waals surface area contributed by atoms with Crippen LogP contribution in [0.15, 0.2) is 0 Å². The third-order valence-electron chi connectivity index (χ3n) is 16.5. The van der Waals surface area contributed by atoms with Crippen LogP contribution < -0.4 is 0 Å². The summed E-state index contributed by atoms with van der Waals surface area (Å²) in [7, 11) is 0. The first-order valence-corrected chi connectivity index (χ1v) is 21.9. The van der Waals surface area contributed by atoms with Gasteiger partial charge in [-0.3, -0.25) is 14.4 Å². The fraction of sp³-hybridized carbons (Fsp3) is 0.930. The minimum Gasteiger partial charge on any atom is -0.462 e. The van der Waals surface area contributed by atoms with E-state index in [0.717, 1.165) is 12.8 Å². The standard InChI is InChI=1S/C43H68O17/c1-19(46)55-27-16-24-22-15-26(47)25-14-21(56-39-36(34(52)32(50)29(18-45)58-39)59-38-35(53)33(51)31(49)28(17-44)57-38)8-10-41(25,4)23(22)9-11-42(24,5)37(27)43(6,54)12-7-20-13-30(48)60-40(20,2)3/h20-25,27-29,31-39,44-45,49-54H,7-18H2,1-6H3/t20?,21-,22+,23-,24-,25-,27-,28+,29+,31+,32+,33-,34-,35+,36+,37-,38-,39+,41+,42-,43-/m0/s1. The van der Waals surface area contributed by atoms with Crippen LogP contribution in [0.1, 0.15) is 106 Å². The van der Waals surface area contributed by atoms with Crippen LogP contribution in [0, 0.1) is 46.3 Å². The van der Waals surface area contributed by atoms with Gasteiger partial charge in [-0.25, -0.2) is 0 Å². The van der Waals surface area contributed by atoms with Crippen LogP contribution in [0.2, 0.25) is 0 Å². The van der Waals surface area contributed by atoms with Crippen molar-refractivity contribution in [3.63, 3.8) is 0 Å². The zero-order valence-electron chi connectivity index (χ0n) is 35.6. The van der Waals surface area contributed by atoms with Crippen molar-refractivity contribution in [2.75, 3.05) is 13.2 Å². The second-order valence-corrected chi connectivity index (χ2v) is 20.4. The van der Waals surface area contributed by atoms with Gasteiger partial charge < -0.3 is 69.3 Å². The van der Waals surface area contributed by atoms with E-state index >= 15 is 0 Å². The molecule has 0 aromatic heterocycles. The molecule has 0 aromatic carbocycles. The molecule has 60 heavy (non-hydrogen) atoms. The Morgan fingerprint density at radius 3 is 2.05 bits per heavy atom. The third kappa shape index (κ3) is 8.10. The van der Waals surface area contributed by atoms with E-state index < -0.39 is 121 Å². The first-order chi connectivity index (χ1) is 28.1. The maximum Gasteiger partial charge on any atom is 0.306 e. The second-order valence-electron chi connectivity index (χ2n) is 20.4. The molecule has 0 spiro atoms. The quantitative estimate of drug-likeness (QED) is 0.102. The number of hydrogen-bond acceptors (Lipinski definition) is 17. The summed E-state index contributed by atoms with van der Waals surface area (Å²) in [6.07, 6.45) is -11.7. The average molecular weight is 857 g/mol. The van der Waals surface area contributed by atoms with Gasteiger partial charge in [0.1, 0.15) is 66.3 Å². The summed E-state index contributed by atoms with van der Waals surface area (Å²) in [6, 6.07) is 0. The number of Topliss-reactive ketones (excluding diaryl/α,β-unsaturated/α-hetero) is 1. The molecular formula is C43H68O17. The van der Waals surface area contributed by atoms with Gasteiger partial charge in [0, 0.05) is 31.1 Å². The van der Waals surface area contributed by atoms with Crippen LogP contribution in [-0.2, 0) is 42.8 Å². The Kier molecular flexibility index (Phi) is 13.0. The molecule has 17 nitrogen and oxygen atoms in total. The zero-order valence-corrected chi connectivity index (χ0v) is 35.6. The van der Waals surface area contributed by atoms with Crippen molar-refractivity contribution in [2.45, 2.75) is 191 Å². The van der Waals surface area contributed by atoms with Gasteiger partial charge in [-0.05, 0) is 101 Å². The van der Waals surface area contributed by atoms with Gasteiger partial charge in [-0.15, -0.1) is 0 Å². The van der Waals surface area contributed by atoms with Crippen molar-refractivity contribution >= 4 is 17.7 Å². The summed E-state index contributed by atoms with van der Waals surface area (Å²) < 4.78 is 35.3. The van der Waals surface area contributed by atoms with Crippen LogP contribution in [0.5, 0.6) is 0 Å². The average Bonchev–Trinajstić information content (AvgIpc) is 3.63. The molecule has 8 N–H and O–H groups in total. The van der Waals surface area contributed by atoms with Gasteiger partial charge in [0.05, 0.1) is 31.3 Å². The number of rotatable bonds is 11. The van der Waals surface area contributed by atoms with E-state index in [9.17, 15) is 55.2 Å². The second kappa shape index (κ2) is 16.9. The molecule has 7 rings (SSSR count). The van der Waals surface area contributed by atoms with E-state index in [-0.39, 0.29) is 47.8 Å². The molecule has 7 fully saturated rings. The van der Waals surface area contributed by atoms with Gasteiger partial charge in [-0.2, -0.15) is 0 Å². The molecule has 0 radical (unpaired) electrons. The molecule has 3 saturated heterocycles. The number of carbonyl (C=O) groups excluding carboxylic acids is 3. The molecule has 3 aliphatic heterocycles. The number of carbonyl (C=O) groups is 3. The van der Waals surface area contributed by atoms with Crippen LogP contribution >= 0.6 is 0 Å². The maximum absolute atomic E-state index is 14.5. The predicted octanol–water partition coefficient (Wildman–Crippen LogP) is 0.248. The highest BCUT2D eigenvalue weighted by Gasteiger charge is 2.67. The molecule has 0 amide bonds. The van der Waals surface area contributed by atoms with E-state index in [4.69, 9.17) is 28.4 Å². The zero-order chi connectivity index (χ0) is 43.9. The highest BCUT2D eigenvalue weighted by atomic mass is 16.8. The molecule has 7 aliphatic rings. The molecule has 1 unspecified atom stereocenters. The van der Waals surface area contributed by atoms with Gasteiger partial charge in [-0.1, -0.05) is 13.8 Å². The summed E-state index contributed by atoms with van der Waals surface area (Å²) in [5.74, 6) is -1.26. The lowest BCUT2D eigenvalue weighted by Gasteiger charge is -2.61. The molecule has 17 heteroatoms. The predicted molar refractivity (Wildman–Crippen MR) is 206 cm³/mol. The van der Waals surface area contributed by atoms with Crippen molar-refractivity contribution in [3.8, 4) is 0 Å². The number of ether oxygens (including phenoxy) is 6. The van der Waals surface area contributed by atoms with Crippen LogP contribution in [0.25, 0.3) is 0 Å². The van der Waals surface area contributed by atoms with Crippen molar-refractivity contribution in [1.82, 2.24) is 0 Å². The lowest BCUT2D eigenvalue weighted by Crippen LogP contribution is -2.65. The summed E-state index contributed by atoms with van der Waals surface area (Å²) >= 11 is 0. The highest BCUT2D eigenvalue weighted by Crippen LogP contribution is 2.69. The fourth-order valence-electron chi connectivity index (χ4n) is 13.3. The Labute approximate surface area is 351 Å². The number of hydrogen-bond donors (Lipinski definition) is 8. The Balaban J connectivity index is 1.07.